The molecule has 0 bridgehead atoms. The molecule has 1 aliphatic heterocycles. The Morgan fingerprint density at radius 2 is 2.06 bits per heavy atom. The van der Waals surface area contributed by atoms with Crippen LogP contribution in [0.3, 0.4) is 0 Å². The molecule has 1 aliphatic carbocycles. The molecule has 1 atom stereocenters. The van der Waals surface area contributed by atoms with E-state index in [1.807, 2.05) is 4.68 Å². The summed E-state index contributed by atoms with van der Waals surface area (Å²) < 4.78 is 1.88. The summed E-state index contributed by atoms with van der Waals surface area (Å²) in [6, 6.07) is 0.340. The van der Waals surface area contributed by atoms with Crippen LogP contribution in [0.15, 0.2) is 4.79 Å². The van der Waals surface area contributed by atoms with Crippen LogP contribution in [0, 0.1) is 0 Å². The minimum Gasteiger partial charge on any atom is -0.315 e. The van der Waals surface area contributed by atoms with Gasteiger partial charge in [0.15, 0.2) is 0 Å². The number of aryl methyl sites for hydroxylation is 1. The number of nitrogens with zero attached hydrogens (tertiary/aromatic N) is 1. The van der Waals surface area contributed by atoms with Crippen molar-refractivity contribution >= 4 is 0 Å². The summed E-state index contributed by atoms with van der Waals surface area (Å²) in [5, 5.41) is 6.70. The van der Waals surface area contributed by atoms with Crippen molar-refractivity contribution in [1.29, 1.82) is 0 Å². The van der Waals surface area contributed by atoms with Gasteiger partial charge in [0.05, 0.1) is 6.04 Å². The van der Waals surface area contributed by atoms with E-state index in [-0.39, 0.29) is 5.56 Å². The molecule has 0 saturated carbocycles. The summed E-state index contributed by atoms with van der Waals surface area (Å²) in [5.41, 5.74) is 2.49. The van der Waals surface area contributed by atoms with Crippen molar-refractivity contribution in [2.24, 2.45) is 0 Å². The van der Waals surface area contributed by atoms with Gasteiger partial charge in [0.1, 0.15) is 0 Å². The van der Waals surface area contributed by atoms with Gasteiger partial charge in [-0.25, -0.2) is 4.68 Å². The molecule has 1 fully saturated rings. The molecule has 16 heavy (non-hydrogen) atoms. The summed E-state index contributed by atoms with van der Waals surface area (Å²) in [7, 11) is 0. The van der Waals surface area contributed by atoms with E-state index in [9.17, 15) is 4.79 Å². The van der Waals surface area contributed by atoms with Crippen LogP contribution in [-0.2, 0) is 12.8 Å². The lowest BCUT2D eigenvalue weighted by atomic mass is 9.98. The highest BCUT2D eigenvalue weighted by atomic mass is 16.1. The fourth-order valence-electron chi connectivity index (χ4n) is 2.92. The molecule has 0 spiro atoms. The molecule has 0 aromatic carbocycles. The first kappa shape index (κ1) is 10.1. The minimum atomic E-state index is 0.239. The molecule has 88 valence electrons. The number of aromatic amines is 1. The maximum Gasteiger partial charge on any atom is 0.270 e. The normalized spacial score (nSPS) is 25.4. The molecule has 1 saturated heterocycles. The lowest BCUT2D eigenvalue weighted by molar-refractivity contribution is 0.339. The highest BCUT2D eigenvalue weighted by Crippen LogP contribution is 2.19. The fourth-order valence-corrected chi connectivity index (χ4v) is 2.92. The van der Waals surface area contributed by atoms with E-state index in [2.05, 4.69) is 10.4 Å². The molecular weight excluding hydrogens is 202 g/mol. The lowest BCUT2D eigenvalue weighted by Crippen LogP contribution is -2.36. The van der Waals surface area contributed by atoms with Gasteiger partial charge in [-0.15, -0.1) is 0 Å². The predicted molar refractivity (Wildman–Crippen MR) is 62.8 cm³/mol. The van der Waals surface area contributed by atoms with Crippen LogP contribution in [0.2, 0.25) is 0 Å². The first-order valence-corrected chi connectivity index (χ1v) is 6.39. The third-order valence-electron chi connectivity index (χ3n) is 3.84. The van der Waals surface area contributed by atoms with Crippen LogP contribution in [0.4, 0.5) is 0 Å². The third kappa shape index (κ3) is 1.61. The second-order valence-corrected chi connectivity index (χ2v) is 4.95. The highest BCUT2D eigenvalue weighted by molar-refractivity contribution is 5.20. The smallest absolute Gasteiger partial charge is 0.270 e. The Morgan fingerprint density at radius 1 is 1.19 bits per heavy atom. The van der Waals surface area contributed by atoms with Crippen molar-refractivity contribution < 1.29 is 0 Å². The second-order valence-electron chi connectivity index (χ2n) is 4.95. The molecule has 1 unspecified atom stereocenters. The van der Waals surface area contributed by atoms with Crippen molar-refractivity contribution in [3.05, 3.63) is 21.6 Å². The van der Waals surface area contributed by atoms with E-state index in [0.717, 1.165) is 37.9 Å². The molecule has 1 aromatic rings. The summed E-state index contributed by atoms with van der Waals surface area (Å²) in [6.45, 7) is 2.02. The Bertz CT molecular complexity index is 426. The van der Waals surface area contributed by atoms with Gasteiger partial charge in [0.25, 0.3) is 5.56 Å². The van der Waals surface area contributed by atoms with Crippen molar-refractivity contribution in [2.45, 2.75) is 44.6 Å². The van der Waals surface area contributed by atoms with E-state index >= 15 is 0 Å². The molecule has 2 heterocycles. The number of nitrogens with one attached hydrogen (secondary N) is 2. The molecule has 0 amide bonds. The fraction of sp³-hybridized carbons (Fsp3) is 0.750. The Balaban J connectivity index is 1.94. The van der Waals surface area contributed by atoms with Gasteiger partial charge >= 0.3 is 0 Å². The average Bonchev–Trinajstić information content (AvgIpc) is 2.69. The van der Waals surface area contributed by atoms with E-state index in [1.165, 1.54) is 25.0 Å². The first-order valence-electron chi connectivity index (χ1n) is 6.39. The van der Waals surface area contributed by atoms with Crippen LogP contribution in [-0.4, -0.2) is 22.9 Å². The van der Waals surface area contributed by atoms with Crippen molar-refractivity contribution in [1.82, 2.24) is 15.1 Å². The predicted octanol–water partition coefficient (Wildman–Crippen LogP) is 0.980. The maximum atomic E-state index is 12.2. The van der Waals surface area contributed by atoms with E-state index in [4.69, 9.17) is 0 Å². The molecule has 4 heteroatoms. The maximum absolute atomic E-state index is 12.2. The molecule has 1 aromatic heterocycles. The lowest BCUT2D eigenvalue weighted by Gasteiger charge is -2.23. The van der Waals surface area contributed by atoms with Crippen molar-refractivity contribution in [2.75, 3.05) is 13.1 Å². The Morgan fingerprint density at radius 3 is 2.81 bits per heavy atom. The van der Waals surface area contributed by atoms with Gasteiger partial charge in [0, 0.05) is 17.8 Å². The zero-order chi connectivity index (χ0) is 11.0. The minimum absolute atomic E-state index is 0.239. The van der Waals surface area contributed by atoms with E-state index in [1.54, 1.807) is 0 Å². The number of hydrogen-bond donors (Lipinski definition) is 2. The van der Waals surface area contributed by atoms with Gasteiger partial charge in [-0.2, -0.15) is 0 Å². The zero-order valence-electron chi connectivity index (χ0n) is 9.59. The number of aromatic nitrogens is 2. The van der Waals surface area contributed by atoms with Crippen molar-refractivity contribution in [3.8, 4) is 0 Å². The van der Waals surface area contributed by atoms with Gasteiger partial charge < -0.3 is 5.32 Å². The van der Waals surface area contributed by atoms with Gasteiger partial charge in [-0.1, -0.05) is 0 Å². The summed E-state index contributed by atoms with van der Waals surface area (Å²) in [5.74, 6) is 0. The van der Waals surface area contributed by atoms with Crippen LogP contribution >= 0.6 is 0 Å². The summed E-state index contributed by atoms with van der Waals surface area (Å²) in [6.07, 6.45) is 6.70. The topological polar surface area (TPSA) is 49.8 Å². The Hall–Kier alpha value is -1.03. The average molecular weight is 221 g/mol. The van der Waals surface area contributed by atoms with E-state index < -0.39 is 0 Å². The Labute approximate surface area is 95.0 Å². The van der Waals surface area contributed by atoms with Gasteiger partial charge in [-0.3, -0.25) is 9.89 Å². The van der Waals surface area contributed by atoms with Crippen LogP contribution in [0.5, 0.6) is 0 Å². The molecule has 0 radical (unpaired) electrons. The number of H-pyrrole nitrogens is 1. The van der Waals surface area contributed by atoms with Crippen LogP contribution < -0.4 is 10.9 Å². The standard InChI is InChI=1S/C12H19N3O/c16-12-10-5-1-2-6-11(10)14-15(12)9-4-3-7-13-8-9/h9,13-14H,1-8H2. The number of fused-ring (bicyclic) bond motifs is 1. The second kappa shape index (κ2) is 4.09. The summed E-state index contributed by atoms with van der Waals surface area (Å²) >= 11 is 0. The third-order valence-corrected chi connectivity index (χ3v) is 3.84. The summed E-state index contributed by atoms with van der Waals surface area (Å²) in [4.78, 5) is 12.2. The largest absolute Gasteiger partial charge is 0.315 e. The van der Waals surface area contributed by atoms with Gasteiger partial charge in [0.2, 0.25) is 0 Å². The molecular formula is C12H19N3O. The van der Waals surface area contributed by atoms with E-state index in [0.29, 0.717) is 6.04 Å². The number of rotatable bonds is 1. The molecule has 4 nitrogen and oxygen atoms in total. The number of piperidine rings is 1. The van der Waals surface area contributed by atoms with Crippen LogP contribution in [0.1, 0.15) is 43.0 Å². The molecule has 2 aliphatic rings. The van der Waals surface area contributed by atoms with Crippen molar-refractivity contribution in [3.63, 3.8) is 0 Å². The first-order chi connectivity index (χ1) is 7.86. The van der Waals surface area contributed by atoms with Gasteiger partial charge in [-0.05, 0) is 45.1 Å². The Kier molecular flexibility index (Phi) is 2.59. The monoisotopic (exact) mass is 221 g/mol. The molecule has 3 rings (SSSR count). The van der Waals surface area contributed by atoms with Crippen LogP contribution in [0.25, 0.3) is 0 Å². The SMILES string of the molecule is O=c1c2c([nH]n1C1CCCNC1)CCCC2. The zero-order valence-corrected chi connectivity index (χ0v) is 9.59. The number of hydrogen-bond acceptors (Lipinski definition) is 2. The highest BCUT2D eigenvalue weighted by Gasteiger charge is 2.22. The molecule has 2 N–H and O–H groups in total. The quantitative estimate of drug-likeness (QED) is 0.742.